The predicted molar refractivity (Wildman–Crippen MR) is 113 cm³/mol. The molecule has 4 aromatic rings. The van der Waals surface area contributed by atoms with Crippen molar-refractivity contribution >= 4 is 48.7 Å². The van der Waals surface area contributed by atoms with Gasteiger partial charge in [0.25, 0.3) is 15.9 Å². The Balaban J connectivity index is 1.53. The molecule has 1 amide bonds. The first kappa shape index (κ1) is 18.2. The molecule has 4 rings (SSSR count). The molecule has 7 heteroatoms. The summed E-state index contributed by atoms with van der Waals surface area (Å²) in [6.45, 7) is 0. The smallest absolute Gasteiger partial charge is 0.265 e. The first-order valence-corrected chi connectivity index (χ1v) is 10.8. The van der Waals surface area contributed by atoms with Crippen LogP contribution in [0.25, 0.3) is 10.1 Å². The van der Waals surface area contributed by atoms with Gasteiger partial charge in [-0.2, -0.15) is 0 Å². The second-order valence-electron chi connectivity index (χ2n) is 6.10. The van der Waals surface area contributed by atoms with Crippen molar-refractivity contribution in [3.8, 4) is 0 Å². The molecule has 0 bridgehead atoms. The third-order valence-corrected chi connectivity index (χ3v) is 6.59. The van der Waals surface area contributed by atoms with Gasteiger partial charge in [-0.25, -0.2) is 8.42 Å². The normalized spacial score (nSPS) is 11.3. The van der Waals surface area contributed by atoms with Gasteiger partial charge in [0, 0.05) is 10.4 Å². The number of benzene rings is 3. The van der Waals surface area contributed by atoms with Crippen LogP contribution in [0, 0.1) is 0 Å². The maximum atomic E-state index is 12.6. The van der Waals surface area contributed by atoms with Gasteiger partial charge in [0.1, 0.15) is 0 Å². The number of sulfonamides is 1. The van der Waals surface area contributed by atoms with Gasteiger partial charge in [0.15, 0.2) is 0 Å². The van der Waals surface area contributed by atoms with E-state index in [-0.39, 0.29) is 10.8 Å². The standard InChI is InChI=1S/C21H16N2O3S2/c24-21(20-13-15-7-4-5-12-19(15)27-20)22-16-8-6-9-17(14-16)23-28(25,26)18-10-2-1-3-11-18/h1-14,23H,(H,22,24). The van der Waals surface area contributed by atoms with Crippen molar-refractivity contribution in [2.24, 2.45) is 0 Å². The summed E-state index contributed by atoms with van der Waals surface area (Å²) < 4.78 is 28.5. The molecular weight excluding hydrogens is 392 g/mol. The van der Waals surface area contributed by atoms with Crippen molar-refractivity contribution in [3.05, 3.63) is 89.8 Å². The van der Waals surface area contributed by atoms with E-state index in [1.807, 2.05) is 30.3 Å². The number of carbonyl (C=O) groups excluding carboxylic acids is 1. The number of rotatable bonds is 5. The van der Waals surface area contributed by atoms with Crippen LogP contribution < -0.4 is 10.0 Å². The molecule has 2 N–H and O–H groups in total. The fraction of sp³-hybridized carbons (Fsp3) is 0. The van der Waals surface area contributed by atoms with Crippen LogP contribution in [0.2, 0.25) is 0 Å². The van der Waals surface area contributed by atoms with Crippen LogP contribution in [0.1, 0.15) is 9.67 Å². The van der Waals surface area contributed by atoms with Crippen LogP contribution in [0.5, 0.6) is 0 Å². The minimum absolute atomic E-state index is 0.176. The van der Waals surface area contributed by atoms with Gasteiger partial charge < -0.3 is 5.32 Å². The van der Waals surface area contributed by atoms with E-state index in [4.69, 9.17) is 0 Å². The number of thiophene rings is 1. The Hall–Kier alpha value is -3.16. The highest BCUT2D eigenvalue weighted by molar-refractivity contribution is 7.92. The zero-order valence-corrected chi connectivity index (χ0v) is 16.3. The average Bonchev–Trinajstić information content (AvgIpc) is 3.13. The van der Waals surface area contributed by atoms with E-state index in [0.717, 1.165) is 10.1 Å². The van der Waals surface area contributed by atoms with Gasteiger partial charge in [-0.3, -0.25) is 9.52 Å². The number of carbonyl (C=O) groups is 1. The minimum atomic E-state index is -3.69. The fourth-order valence-corrected chi connectivity index (χ4v) is 4.79. The van der Waals surface area contributed by atoms with E-state index in [2.05, 4.69) is 10.0 Å². The Kier molecular flexibility index (Phi) is 4.85. The van der Waals surface area contributed by atoms with Crippen LogP contribution in [-0.4, -0.2) is 14.3 Å². The van der Waals surface area contributed by atoms with E-state index in [1.165, 1.54) is 23.5 Å². The van der Waals surface area contributed by atoms with Gasteiger partial charge in [-0.15, -0.1) is 11.3 Å². The van der Waals surface area contributed by atoms with Crippen LogP contribution in [-0.2, 0) is 10.0 Å². The van der Waals surface area contributed by atoms with E-state index in [1.54, 1.807) is 42.5 Å². The van der Waals surface area contributed by atoms with Crippen molar-refractivity contribution in [2.75, 3.05) is 10.0 Å². The first-order valence-electron chi connectivity index (χ1n) is 8.49. The maximum absolute atomic E-state index is 12.6. The third-order valence-electron chi connectivity index (χ3n) is 4.08. The summed E-state index contributed by atoms with van der Waals surface area (Å²) in [6.07, 6.45) is 0. The lowest BCUT2D eigenvalue weighted by atomic mass is 10.2. The van der Waals surface area contributed by atoms with Gasteiger partial charge in [0.2, 0.25) is 0 Å². The lowest BCUT2D eigenvalue weighted by Crippen LogP contribution is -2.14. The van der Waals surface area contributed by atoms with Gasteiger partial charge in [-0.1, -0.05) is 42.5 Å². The summed E-state index contributed by atoms with van der Waals surface area (Å²) in [7, 11) is -3.69. The zero-order chi connectivity index (χ0) is 19.6. The first-order chi connectivity index (χ1) is 13.5. The molecule has 28 heavy (non-hydrogen) atoms. The van der Waals surface area contributed by atoms with E-state index >= 15 is 0 Å². The minimum Gasteiger partial charge on any atom is -0.321 e. The molecule has 0 aliphatic carbocycles. The van der Waals surface area contributed by atoms with Gasteiger partial charge >= 0.3 is 0 Å². The van der Waals surface area contributed by atoms with Gasteiger partial charge in [-0.05, 0) is 47.9 Å². The number of amides is 1. The zero-order valence-electron chi connectivity index (χ0n) is 14.6. The number of hydrogen-bond acceptors (Lipinski definition) is 4. The molecule has 0 radical (unpaired) electrons. The summed E-state index contributed by atoms with van der Waals surface area (Å²) in [5.74, 6) is -0.232. The molecule has 0 atom stereocenters. The lowest BCUT2D eigenvalue weighted by Gasteiger charge is -2.10. The summed E-state index contributed by atoms with van der Waals surface area (Å²) in [6, 6.07) is 24.4. The van der Waals surface area contributed by atoms with Crippen molar-refractivity contribution in [1.29, 1.82) is 0 Å². The van der Waals surface area contributed by atoms with E-state index < -0.39 is 10.0 Å². The Bertz CT molecular complexity index is 1220. The lowest BCUT2D eigenvalue weighted by molar-refractivity contribution is 0.103. The number of anilines is 2. The molecule has 1 aromatic heterocycles. The highest BCUT2D eigenvalue weighted by Crippen LogP contribution is 2.26. The molecule has 0 spiro atoms. The Morgan fingerprint density at radius 1 is 0.786 bits per heavy atom. The largest absolute Gasteiger partial charge is 0.321 e. The second-order valence-corrected chi connectivity index (χ2v) is 8.87. The van der Waals surface area contributed by atoms with E-state index in [9.17, 15) is 13.2 Å². The number of fused-ring (bicyclic) bond motifs is 1. The number of hydrogen-bond donors (Lipinski definition) is 2. The Morgan fingerprint density at radius 3 is 2.29 bits per heavy atom. The quantitative estimate of drug-likeness (QED) is 0.490. The Morgan fingerprint density at radius 2 is 1.50 bits per heavy atom. The number of nitrogens with one attached hydrogen (secondary N) is 2. The molecule has 140 valence electrons. The van der Waals surface area contributed by atoms with E-state index in [0.29, 0.717) is 16.3 Å². The summed E-state index contributed by atoms with van der Waals surface area (Å²) in [5, 5.41) is 3.84. The summed E-state index contributed by atoms with van der Waals surface area (Å²) >= 11 is 1.41. The predicted octanol–water partition coefficient (Wildman–Crippen LogP) is 4.95. The third kappa shape index (κ3) is 3.90. The van der Waals surface area contributed by atoms with Crippen molar-refractivity contribution < 1.29 is 13.2 Å². The highest BCUT2D eigenvalue weighted by atomic mass is 32.2. The molecule has 0 saturated heterocycles. The average molecular weight is 409 g/mol. The van der Waals surface area contributed by atoms with Gasteiger partial charge in [0.05, 0.1) is 15.5 Å². The molecule has 3 aromatic carbocycles. The van der Waals surface area contributed by atoms with Crippen LogP contribution in [0.4, 0.5) is 11.4 Å². The summed E-state index contributed by atoms with van der Waals surface area (Å²) in [4.78, 5) is 13.3. The topological polar surface area (TPSA) is 75.3 Å². The molecule has 0 unspecified atom stereocenters. The molecule has 0 fully saturated rings. The van der Waals surface area contributed by atoms with Crippen LogP contribution in [0.15, 0.2) is 89.8 Å². The fourth-order valence-electron chi connectivity index (χ4n) is 2.76. The highest BCUT2D eigenvalue weighted by Gasteiger charge is 2.14. The molecule has 1 heterocycles. The summed E-state index contributed by atoms with van der Waals surface area (Å²) in [5.41, 5.74) is 0.883. The molecule has 0 saturated carbocycles. The molecular formula is C21H16N2O3S2. The Labute approximate surface area is 166 Å². The SMILES string of the molecule is O=C(Nc1cccc(NS(=O)(=O)c2ccccc2)c1)c1cc2ccccc2s1. The molecule has 0 aliphatic heterocycles. The van der Waals surface area contributed by atoms with Crippen molar-refractivity contribution in [3.63, 3.8) is 0 Å². The maximum Gasteiger partial charge on any atom is 0.265 e. The molecule has 0 aliphatic rings. The van der Waals surface area contributed by atoms with Crippen molar-refractivity contribution in [1.82, 2.24) is 0 Å². The monoisotopic (exact) mass is 408 g/mol. The van der Waals surface area contributed by atoms with Crippen LogP contribution in [0.3, 0.4) is 0 Å². The second kappa shape index (κ2) is 7.46. The van der Waals surface area contributed by atoms with Crippen LogP contribution >= 0.6 is 11.3 Å². The molecule has 5 nitrogen and oxygen atoms in total. The van der Waals surface area contributed by atoms with Crippen molar-refractivity contribution in [2.45, 2.75) is 4.90 Å².